The summed E-state index contributed by atoms with van der Waals surface area (Å²) in [5.74, 6) is -1.21. The Labute approximate surface area is 103 Å². The van der Waals surface area contributed by atoms with Crippen molar-refractivity contribution in [1.82, 2.24) is 9.78 Å². The van der Waals surface area contributed by atoms with Gasteiger partial charge in [0.1, 0.15) is 0 Å². The van der Waals surface area contributed by atoms with Crippen molar-refractivity contribution >= 4 is 17.6 Å². The summed E-state index contributed by atoms with van der Waals surface area (Å²) in [4.78, 5) is 11.0. The molecule has 0 amide bonds. The van der Waals surface area contributed by atoms with Gasteiger partial charge in [0.15, 0.2) is 0 Å². The summed E-state index contributed by atoms with van der Waals surface area (Å²) in [6, 6.07) is 7.01. The molecule has 1 aromatic carbocycles. The van der Waals surface area contributed by atoms with E-state index in [4.69, 9.17) is 11.6 Å². The maximum atomic E-state index is 11.0. The molecule has 2 aromatic rings. The van der Waals surface area contributed by atoms with Crippen molar-refractivity contribution in [2.75, 3.05) is 0 Å². The molecule has 88 valence electrons. The van der Waals surface area contributed by atoms with Gasteiger partial charge in [-0.1, -0.05) is 11.6 Å². The second-order valence-corrected chi connectivity index (χ2v) is 4.16. The van der Waals surface area contributed by atoms with Gasteiger partial charge in [-0.15, -0.1) is 0 Å². The van der Waals surface area contributed by atoms with E-state index in [1.165, 1.54) is 0 Å². The molecule has 2 rings (SSSR count). The van der Waals surface area contributed by atoms with Crippen LogP contribution in [0, 0.1) is 13.8 Å². The number of aromatic carboxylic acids is 1. The number of hydrogen-bond donors (Lipinski definition) is 0. The van der Waals surface area contributed by atoms with Gasteiger partial charge in [0, 0.05) is 10.6 Å². The van der Waals surface area contributed by atoms with Gasteiger partial charge in [-0.25, -0.2) is 4.68 Å². The summed E-state index contributed by atoms with van der Waals surface area (Å²) >= 11 is 5.79. The Morgan fingerprint density at radius 1 is 1.29 bits per heavy atom. The van der Waals surface area contributed by atoms with Crippen LogP contribution in [0.1, 0.15) is 21.7 Å². The first-order chi connectivity index (χ1) is 8.00. The first-order valence-electron chi connectivity index (χ1n) is 5.04. The van der Waals surface area contributed by atoms with Crippen LogP contribution in [-0.2, 0) is 0 Å². The number of benzene rings is 1. The maximum absolute atomic E-state index is 11.0. The van der Waals surface area contributed by atoms with E-state index in [1.54, 1.807) is 42.8 Å². The highest BCUT2D eigenvalue weighted by molar-refractivity contribution is 6.30. The minimum atomic E-state index is -1.21. The minimum Gasteiger partial charge on any atom is -0.545 e. The SMILES string of the molecule is Cc1nn(-c2ccc(Cl)cc2)c(C)c1C(=O)[O-]. The molecular formula is C12H10ClN2O2-. The third kappa shape index (κ3) is 2.03. The molecule has 0 bridgehead atoms. The molecule has 0 aliphatic heterocycles. The number of carboxylic acid groups (broad SMARTS) is 1. The topological polar surface area (TPSA) is 58.0 Å². The van der Waals surface area contributed by atoms with E-state index in [0.29, 0.717) is 16.4 Å². The number of carboxylic acids is 1. The lowest BCUT2D eigenvalue weighted by molar-refractivity contribution is -0.255. The van der Waals surface area contributed by atoms with Crippen LogP contribution < -0.4 is 5.11 Å². The molecule has 5 heteroatoms. The van der Waals surface area contributed by atoms with Crippen molar-refractivity contribution in [3.63, 3.8) is 0 Å². The third-order valence-electron chi connectivity index (χ3n) is 2.57. The Kier molecular flexibility index (Phi) is 2.90. The molecule has 1 heterocycles. The van der Waals surface area contributed by atoms with Gasteiger partial charge in [0.05, 0.1) is 23.0 Å². The van der Waals surface area contributed by atoms with Gasteiger partial charge >= 0.3 is 0 Å². The number of hydrogen-bond acceptors (Lipinski definition) is 3. The third-order valence-corrected chi connectivity index (χ3v) is 2.82. The summed E-state index contributed by atoms with van der Waals surface area (Å²) in [7, 11) is 0. The summed E-state index contributed by atoms with van der Waals surface area (Å²) in [6.45, 7) is 3.34. The predicted molar refractivity (Wildman–Crippen MR) is 62.4 cm³/mol. The molecular weight excluding hydrogens is 240 g/mol. The fourth-order valence-electron chi connectivity index (χ4n) is 1.77. The predicted octanol–water partition coefficient (Wildman–Crippen LogP) is 1.51. The number of aryl methyl sites for hydroxylation is 1. The smallest absolute Gasteiger partial charge is 0.0752 e. The van der Waals surface area contributed by atoms with E-state index in [0.717, 1.165) is 5.69 Å². The van der Waals surface area contributed by atoms with Crippen LogP contribution in [-0.4, -0.2) is 15.7 Å². The number of carbonyl (C=O) groups excluding carboxylic acids is 1. The zero-order chi connectivity index (χ0) is 12.6. The molecule has 0 atom stereocenters. The van der Waals surface area contributed by atoms with Crippen LogP contribution in [0.3, 0.4) is 0 Å². The molecule has 0 unspecified atom stereocenters. The van der Waals surface area contributed by atoms with Crippen molar-refractivity contribution < 1.29 is 9.90 Å². The van der Waals surface area contributed by atoms with Crippen molar-refractivity contribution in [3.8, 4) is 5.69 Å². The molecule has 0 saturated carbocycles. The first kappa shape index (κ1) is 11.7. The summed E-state index contributed by atoms with van der Waals surface area (Å²) in [6.07, 6.45) is 0. The van der Waals surface area contributed by atoms with Gasteiger partial charge in [0.2, 0.25) is 0 Å². The summed E-state index contributed by atoms with van der Waals surface area (Å²) in [5.41, 5.74) is 1.89. The number of aromatic nitrogens is 2. The Morgan fingerprint density at radius 3 is 2.35 bits per heavy atom. The highest BCUT2D eigenvalue weighted by Crippen LogP contribution is 2.18. The quantitative estimate of drug-likeness (QED) is 0.811. The second-order valence-electron chi connectivity index (χ2n) is 3.72. The van der Waals surface area contributed by atoms with Crippen molar-refractivity contribution in [1.29, 1.82) is 0 Å². The Bertz CT molecular complexity index is 573. The van der Waals surface area contributed by atoms with Gasteiger partial charge in [0.25, 0.3) is 0 Å². The summed E-state index contributed by atoms with van der Waals surface area (Å²) < 4.78 is 1.57. The average Bonchev–Trinajstić information content (AvgIpc) is 2.55. The monoisotopic (exact) mass is 249 g/mol. The number of rotatable bonds is 2. The molecule has 0 radical (unpaired) electrons. The van der Waals surface area contributed by atoms with E-state index in [1.807, 2.05) is 0 Å². The Hall–Kier alpha value is -1.81. The highest BCUT2D eigenvalue weighted by atomic mass is 35.5. The molecule has 0 aliphatic carbocycles. The van der Waals surface area contributed by atoms with Crippen LogP contribution in [0.15, 0.2) is 24.3 Å². The zero-order valence-electron chi connectivity index (χ0n) is 9.40. The van der Waals surface area contributed by atoms with E-state index >= 15 is 0 Å². The second kappa shape index (κ2) is 4.22. The first-order valence-corrected chi connectivity index (χ1v) is 5.42. The molecule has 0 spiro atoms. The lowest BCUT2D eigenvalue weighted by Gasteiger charge is -2.05. The van der Waals surface area contributed by atoms with Crippen LogP contribution >= 0.6 is 11.6 Å². The standard InChI is InChI=1S/C12H11ClN2O2/c1-7-11(12(16)17)8(2)15(14-7)10-5-3-9(13)4-6-10/h3-6H,1-2H3,(H,16,17)/p-1. The summed E-state index contributed by atoms with van der Waals surface area (Å²) in [5, 5.41) is 15.8. The zero-order valence-corrected chi connectivity index (χ0v) is 10.2. The van der Waals surface area contributed by atoms with Gasteiger partial charge < -0.3 is 9.90 Å². The molecule has 0 N–H and O–H groups in total. The molecule has 0 fully saturated rings. The Morgan fingerprint density at radius 2 is 1.88 bits per heavy atom. The lowest BCUT2D eigenvalue weighted by atomic mass is 10.2. The molecule has 4 nitrogen and oxygen atoms in total. The molecule has 0 aliphatic rings. The normalized spacial score (nSPS) is 10.5. The number of carbonyl (C=O) groups is 1. The fourth-order valence-corrected chi connectivity index (χ4v) is 1.90. The van der Waals surface area contributed by atoms with Crippen LogP contribution in [0.2, 0.25) is 5.02 Å². The van der Waals surface area contributed by atoms with Gasteiger partial charge in [-0.3, -0.25) is 0 Å². The largest absolute Gasteiger partial charge is 0.545 e. The van der Waals surface area contributed by atoms with Gasteiger partial charge in [-0.05, 0) is 38.1 Å². The van der Waals surface area contributed by atoms with Crippen LogP contribution in [0.5, 0.6) is 0 Å². The lowest BCUT2D eigenvalue weighted by Crippen LogP contribution is -2.23. The van der Waals surface area contributed by atoms with Crippen LogP contribution in [0.4, 0.5) is 0 Å². The maximum Gasteiger partial charge on any atom is 0.0752 e. The fraction of sp³-hybridized carbons (Fsp3) is 0.167. The molecule has 0 saturated heterocycles. The highest BCUT2D eigenvalue weighted by Gasteiger charge is 2.13. The van der Waals surface area contributed by atoms with Crippen molar-refractivity contribution in [3.05, 3.63) is 46.2 Å². The van der Waals surface area contributed by atoms with Gasteiger partial charge in [-0.2, -0.15) is 5.10 Å². The van der Waals surface area contributed by atoms with E-state index < -0.39 is 5.97 Å². The van der Waals surface area contributed by atoms with E-state index in [-0.39, 0.29) is 5.56 Å². The van der Waals surface area contributed by atoms with Crippen molar-refractivity contribution in [2.24, 2.45) is 0 Å². The minimum absolute atomic E-state index is 0.139. The van der Waals surface area contributed by atoms with Crippen molar-refractivity contribution in [2.45, 2.75) is 13.8 Å². The van der Waals surface area contributed by atoms with Crippen LogP contribution in [0.25, 0.3) is 5.69 Å². The molecule has 17 heavy (non-hydrogen) atoms. The number of nitrogens with zero attached hydrogens (tertiary/aromatic N) is 2. The van der Waals surface area contributed by atoms with E-state index in [2.05, 4.69) is 5.10 Å². The average molecular weight is 250 g/mol. The Balaban J connectivity index is 2.57. The molecule has 1 aromatic heterocycles. The number of halogens is 1. The van der Waals surface area contributed by atoms with E-state index in [9.17, 15) is 9.90 Å².